The Bertz CT molecular complexity index is 524. The molecule has 0 unspecified atom stereocenters. The van der Waals surface area contributed by atoms with E-state index in [9.17, 15) is 0 Å². The van der Waals surface area contributed by atoms with Gasteiger partial charge < -0.3 is 4.43 Å². The lowest BCUT2D eigenvalue weighted by Crippen LogP contribution is -2.44. The molecule has 0 amide bonds. The molecule has 0 bridgehead atoms. The van der Waals surface area contributed by atoms with Crippen molar-refractivity contribution in [3.63, 3.8) is 0 Å². The van der Waals surface area contributed by atoms with Gasteiger partial charge in [0, 0.05) is 0 Å². The summed E-state index contributed by atoms with van der Waals surface area (Å²) in [6, 6.07) is 3.78. The van der Waals surface area contributed by atoms with Crippen molar-refractivity contribution in [2.75, 3.05) is 0 Å². The lowest BCUT2D eigenvalue weighted by molar-refractivity contribution is 0.0703. The van der Waals surface area contributed by atoms with Gasteiger partial charge in [0.15, 0.2) is 8.32 Å². The number of fused-ring (bicyclic) bond motifs is 1. The van der Waals surface area contributed by atoms with Gasteiger partial charge in [-0.3, -0.25) is 0 Å². The van der Waals surface area contributed by atoms with Crippen molar-refractivity contribution in [3.8, 4) is 0 Å². The Hall–Kier alpha value is -0.0831. The van der Waals surface area contributed by atoms with E-state index < -0.39 is 8.32 Å². The maximum atomic E-state index is 6.86. The summed E-state index contributed by atoms with van der Waals surface area (Å²) in [5.74, 6) is 2.66. The minimum absolute atomic E-state index is 0.0535. The Morgan fingerprint density at radius 1 is 1.14 bits per heavy atom. The summed E-state index contributed by atoms with van der Waals surface area (Å²) in [6.45, 7) is 19.3. The quantitative estimate of drug-likeness (QED) is 0.239. The van der Waals surface area contributed by atoms with Crippen LogP contribution in [0.1, 0.15) is 113 Å². The molecule has 170 valence electrons. The van der Waals surface area contributed by atoms with E-state index in [4.69, 9.17) is 4.43 Å². The average molecular weight is 421 g/mol. The van der Waals surface area contributed by atoms with E-state index >= 15 is 0 Å². The Morgan fingerprint density at radius 2 is 1.79 bits per heavy atom. The van der Waals surface area contributed by atoms with Crippen LogP contribution in [0.2, 0.25) is 18.1 Å². The van der Waals surface area contributed by atoms with E-state index in [-0.39, 0.29) is 5.60 Å². The van der Waals surface area contributed by atoms with Gasteiger partial charge in [0.25, 0.3) is 0 Å². The molecule has 2 rings (SSSR count). The smallest absolute Gasteiger partial charge is 0.192 e. The normalized spacial score (nSPS) is 30.6. The summed E-state index contributed by atoms with van der Waals surface area (Å²) in [7, 11) is -1.51. The first-order valence-corrected chi connectivity index (χ1v) is 15.6. The predicted molar refractivity (Wildman–Crippen MR) is 132 cm³/mol. The fraction of sp³-hybridized carbons (Fsp3) is 0.926. The van der Waals surface area contributed by atoms with Crippen molar-refractivity contribution in [1.29, 1.82) is 0 Å². The molecule has 0 saturated heterocycles. The first kappa shape index (κ1) is 25.2. The minimum Gasteiger partial charge on any atom is -0.412 e. The molecular weight excluding hydrogens is 368 g/mol. The highest BCUT2D eigenvalue weighted by Crippen LogP contribution is 2.59. The fourth-order valence-electron chi connectivity index (χ4n) is 7.18. The Morgan fingerprint density at radius 3 is 2.38 bits per heavy atom. The van der Waals surface area contributed by atoms with Crippen LogP contribution < -0.4 is 0 Å². The minimum atomic E-state index is -1.51. The SMILES string of the molecule is CC/C=C1\CCC[C@]2(C)[C@@H]([C@H](C)CCCC(C)(C)O[Si](CC)(CC)CC)CC[C@@H]12. The molecule has 0 aromatic carbocycles. The van der Waals surface area contributed by atoms with Crippen molar-refractivity contribution >= 4 is 8.32 Å². The predicted octanol–water partition coefficient (Wildman–Crippen LogP) is 9.15. The van der Waals surface area contributed by atoms with E-state index in [2.05, 4.69) is 61.5 Å². The summed E-state index contributed by atoms with van der Waals surface area (Å²) in [5.41, 5.74) is 2.43. The van der Waals surface area contributed by atoms with Crippen molar-refractivity contribution in [2.45, 2.75) is 137 Å². The molecule has 2 aliphatic carbocycles. The van der Waals surface area contributed by atoms with Gasteiger partial charge in [-0.05, 0) is 100 Å². The van der Waals surface area contributed by atoms with Gasteiger partial charge in [0.2, 0.25) is 0 Å². The van der Waals surface area contributed by atoms with Gasteiger partial charge in [-0.2, -0.15) is 0 Å². The molecule has 0 radical (unpaired) electrons. The van der Waals surface area contributed by atoms with Crippen LogP contribution in [-0.4, -0.2) is 13.9 Å². The van der Waals surface area contributed by atoms with Gasteiger partial charge in [0.05, 0.1) is 5.60 Å². The second-order valence-corrected chi connectivity index (χ2v) is 15.9. The highest BCUT2D eigenvalue weighted by atomic mass is 28.4. The number of hydrogen-bond donors (Lipinski definition) is 0. The molecule has 2 aliphatic rings. The number of hydrogen-bond acceptors (Lipinski definition) is 1. The molecule has 29 heavy (non-hydrogen) atoms. The Kier molecular flexibility index (Phi) is 9.11. The molecule has 0 N–H and O–H groups in total. The third-order valence-corrected chi connectivity index (χ3v) is 13.9. The van der Waals surface area contributed by atoms with Crippen molar-refractivity contribution in [2.24, 2.45) is 23.2 Å². The molecule has 0 heterocycles. The topological polar surface area (TPSA) is 9.23 Å². The monoisotopic (exact) mass is 420 g/mol. The van der Waals surface area contributed by atoms with E-state index in [1.54, 1.807) is 0 Å². The highest BCUT2D eigenvalue weighted by molar-refractivity contribution is 6.73. The van der Waals surface area contributed by atoms with Crippen LogP contribution in [0.15, 0.2) is 11.6 Å². The molecule has 4 atom stereocenters. The van der Waals surface area contributed by atoms with E-state index in [0.29, 0.717) is 5.41 Å². The van der Waals surface area contributed by atoms with Gasteiger partial charge in [-0.1, -0.05) is 66.0 Å². The number of allylic oxidation sites excluding steroid dienone is 2. The zero-order valence-electron chi connectivity index (χ0n) is 21.2. The van der Waals surface area contributed by atoms with E-state index in [1.807, 2.05) is 5.57 Å². The van der Waals surface area contributed by atoms with E-state index in [0.717, 1.165) is 17.8 Å². The summed E-state index contributed by atoms with van der Waals surface area (Å²) >= 11 is 0. The van der Waals surface area contributed by atoms with Crippen molar-refractivity contribution < 1.29 is 4.43 Å². The Balaban J connectivity index is 1.92. The van der Waals surface area contributed by atoms with Gasteiger partial charge in [-0.15, -0.1) is 0 Å². The highest BCUT2D eigenvalue weighted by Gasteiger charge is 2.50. The van der Waals surface area contributed by atoms with Crippen LogP contribution in [0.4, 0.5) is 0 Å². The molecular formula is C27H52OSi. The standard InChI is InChI=1S/C27H52OSi/c1-9-15-23-17-14-21-27(8)24(18-19-25(23)27)22(5)16-13-20-26(6,7)28-29(10-2,11-3)12-4/h15,22,24-25H,9-14,16-21H2,1-8H3/b23-15+/t22-,24-,25+,27-/m1/s1. The summed E-state index contributed by atoms with van der Waals surface area (Å²) in [5, 5.41) is 0. The van der Waals surface area contributed by atoms with Crippen molar-refractivity contribution in [3.05, 3.63) is 11.6 Å². The first-order chi connectivity index (χ1) is 13.7. The van der Waals surface area contributed by atoms with Crippen LogP contribution in [0.3, 0.4) is 0 Å². The third-order valence-electron chi connectivity index (χ3n) is 9.06. The zero-order chi connectivity index (χ0) is 21.7. The fourth-order valence-corrected chi connectivity index (χ4v) is 10.4. The lowest BCUT2D eigenvalue weighted by atomic mass is 9.60. The van der Waals surface area contributed by atoms with Crippen molar-refractivity contribution in [1.82, 2.24) is 0 Å². The molecule has 2 saturated carbocycles. The molecule has 0 spiro atoms. The molecule has 0 aromatic rings. The third kappa shape index (κ3) is 5.79. The van der Waals surface area contributed by atoms with Crippen LogP contribution in [0.25, 0.3) is 0 Å². The van der Waals surface area contributed by atoms with Gasteiger partial charge >= 0.3 is 0 Å². The summed E-state index contributed by atoms with van der Waals surface area (Å²) in [4.78, 5) is 0. The summed E-state index contributed by atoms with van der Waals surface area (Å²) in [6.07, 6.45) is 14.9. The first-order valence-electron chi connectivity index (χ1n) is 13.1. The maximum absolute atomic E-state index is 6.86. The molecule has 2 fully saturated rings. The molecule has 0 aliphatic heterocycles. The van der Waals surface area contributed by atoms with Crippen LogP contribution >= 0.6 is 0 Å². The van der Waals surface area contributed by atoms with Crippen LogP contribution in [-0.2, 0) is 4.43 Å². The average Bonchev–Trinajstić information content (AvgIpc) is 3.04. The molecule has 2 heteroatoms. The van der Waals surface area contributed by atoms with E-state index in [1.165, 1.54) is 75.9 Å². The van der Waals surface area contributed by atoms with Crippen LogP contribution in [0.5, 0.6) is 0 Å². The maximum Gasteiger partial charge on any atom is 0.192 e. The second-order valence-electron chi connectivity index (χ2n) is 11.3. The molecule has 1 nitrogen and oxygen atoms in total. The summed E-state index contributed by atoms with van der Waals surface area (Å²) < 4.78 is 6.86. The second kappa shape index (κ2) is 10.5. The van der Waals surface area contributed by atoms with Gasteiger partial charge in [-0.25, -0.2) is 0 Å². The zero-order valence-corrected chi connectivity index (χ0v) is 22.2. The lowest BCUT2D eigenvalue weighted by Gasteiger charge is -2.44. The largest absolute Gasteiger partial charge is 0.412 e. The Labute approximate surface area is 184 Å². The number of rotatable bonds is 11. The molecule has 0 aromatic heterocycles. The van der Waals surface area contributed by atoms with Gasteiger partial charge in [0.1, 0.15) is 0 Å². The van der Waals surface area contributed by atoms with Crippen LogP contribution in [0, 0.1) is 23.2 Å².